The van der Waals surface area contributed by atoms with Crippen LogP contribution >= 0.6 is 11.3 Å². The van der Waals surface area contributed by atoms with Crippen molar-refractivity contribution >= 4 is 11.3 Å². The van der Waals surface area contributed by atoms with E-state index in [0.717, 1.165) is 39.1 Å². The van der Waals surface area contributed by atoms with Gasteiger partial charge in [-0.25, -0.2) is 0 Å². The van der Waals surface area contributed by atoms with Crippen LogP contribution in [0.15, 0.2) is 16.8 Å². The molecule has 0 saturated carbocycles. The van der Waals surface area contributed by atoms with Crippen molar-refractivity contribution in [2.24, 2.45) is 5.73 Å². The molecular formula is C15H28N2O2S. The fraction of sp³-hybridized carbons (Fsp3) is 0.733. The summed E-state index contributed by atoms with van der Waals surface area (Å²) in [7, 11) is 3.49. The molecule has 0 amide bonds. The summed E-state index contributed by atoms with van der Waals surface area (Å²) in [5.74, 6) is 0. The average molecular weight is 300 g/mol. The van der Waals surface area contributed by atoms with Gasteiger partial charge < -0.3 is 15.2 Å². The van der Waals surface area contributed by atoms with Crippen molar-refractivity contribution in [3.8, 4) is 0 Å². The van der Waals surface area contributed by atoms with Crippen LogP contribution in [0, 0.1) is 0 Å². The van der Waals surface area contributed by atoms with E-state index in [1.54, 1.807) is 25.6 Å². The Morgan fingerprint density at radius 1 is 1.25 bits per heavy atom. The minimum atomic E-state index is 0.143. The summed E-state index contributed by atoms with van der Waals surface area (Å²) >= 11 is 1.73. The molecule has 0 bridgehead atoms. The van der Waals surface area contributed by atoms with Gasteiger partial charge in [-0.05, 0) is 35.2 Å². The maximum Gasteiger partial charge on any atom is 0.0589 e. The Hall–Kier alpha value is -0.460. The van der Waals surface area contributed by atoms with E-state index in [1.165, 1.54) is 5.56 Å². The van der Waals surface area contributed by atoms with Crippen LogP contribution in [0.4, 0.5) is 0 Å². The number of hydrogen-bond donors (Lipinski definition) is 1. The predicted molar refractivity (Wildman–Crippen MR) is 85.3 cm³/mol. The van der Waals surface area contributed by atoms with E-state index >= 15 is 0 Å². The summed E-state index contributed by atoms with van der Waals surface area (Å²) in [6.45, 7) is 5.53. The van der Waals surface area contributed by atoms with Gasteiger partial charge in [0.1, 0.15) is 0 Å². The highest BCUT2D eigenvalue weighted by atomic mass is 32.1. The van der Waals surface area contributed by atoms with Crippen LogP contribution in [0.2, 0.25) is 0 Å². The number of nitrogens with zero attached hydrogens (tertiary/aromatic N) is 1. The number of rotatable bonds is 11. The SMILES string of the molecule is CCC(N)C(c1ccsc1)N(CCCOC)CCOC. The molecule has 1 aromatic heterocycles. The van der Waals surface area contributed by atoms with Gasteiger partial charge in [0.25, 0.3) is 0 Å². The second-order valence-electron chi connectivity index (χ2n) is 4.95. The second kappa shape index (κ2) is 10.3. The molecular weight excluding hydrogens is 272 g/mol. The zero-order valence-corrected chi connectivity index (χ0v) is 13.7. The second-order valence-corrected chi connectivity index (χ2v) is 5.73. The van der Waals surface area contributed by atoms with Crippen LogP contribution in [0.3, 0.4) is 0 Å². The van der Waals surface area contributed by atoms with E-state index < -0.39 is 0 Å². The molecule has 1 aromatic rings. The molecule has 0 radical (unpaired) electrons. The standard InChI is InChI=1S/C15H28N2O2S/c1-4-14(16)15(13-6-11-20-12-13)17(8-10-19-3)7-5-9-18-2/h6,11-12,14-15H,4-5,7-10,16H2,1-3H3. The molecule has 4 nitrogen and oxygen atoms in total. The Morgan fingerprint density at radius 3 is 2.55 bits per heavy atom. The molecule has 116 valence electrons. The van der Waals surface area contributed by atoms with Crippen molar-refractivity contribution in [2.75, 3.05) is 40.5 Å². The van der Waals surface area contributed by atoms with Crippen molar-refractivity contribution in [1.82, 2.24) is 4.90 Å². The molecule has 2 N–H and O–H groups in total. The Morgan fingerprint density at radius 2 is 2.00 bits per heavy atom. The maximum atomic E-state index is 6.38. The van der Waals surface area contributed by atoms with Gasteiger partial charge in [0.15, 0.2) is 0 Å². The zero-order valence-electron chi connectivity index (χ0n) is 12.9. The monoisotopic (exact) mass is 300 g/mol. The summed E-state index contributed by atoms with van der Waals surface area (Å²) in [5, 5.41) is 4.32. The lowest BCUT2D eigenvalue weighted by molar-refractivity contribution is 0.0954. The third kappa shape index (κ3) is 5.50. The number of ether oxygens (including phenoxy) is 2. The Kier molecular flexibility index (Phi) is 9.05. The summed E-state index contributed by atoms with van der Waals surface area (Å²) in [5.41, 5.74) is 7.69. The van der Waals surface area contributed by atoms with Crippen LogP contribution in [-0.4, -0.2) is 51.5 Å². The molecule has 5 heteroatoms. The Labute approximate surface area is 126 Å². The van der Waals surface area contributed by atoms with Gasteiger partial charge >= 0.3 is 0 Å². The minimum Gasteiger partial charge on any atom is -0.385 e. The lowest BCUT2D eigenvalue weighted by Crippen LogP contribution is -2.42. The fourth-order valence-corrected chi connectivity index (χ4v) is 3.10. The first-order chi connectivity index (χ1) is 9.74. The fourth-order valence-electron chi connectivity index (χ4n) is 2.41. The first-order valence-corrected chi connectivity index (χ1v) is 8.18. The molecule has 1 rings (SSSR count). The van der Waals surface area contributed by atoms with Gasteiger partial charge in [0, 0.05) is 40.0 Å². The lowest BCUT2D eigenvalue weighted by atomic mass is 9.98. The first-order valence-electron chi connectivity index (χ1n) is 7.24. The van der Waals surface area contributed by atoms with Crippen LogP contribution in [-0.2, 0) is 9.47 Å². The highest BCUT2D eigenvalue weighted by Crippen LogP contribution is 2.27. The lowest BCUT2D eigenvalue weighted by Gasteiger charge is -2.35. The van der Waals surface area contributed by atoms with Gasteiger partial charge in [-0.1, -0.05) is 6.92 Å². The number of hydrogen-bond acceptors (Lipinski definition) is 5. The number of thiophene rings is 1. The number of methoxy groups -OCH3 is 2. The van der Waals surface area contributed by atoms with E-state index in [4.69, 9.17) is 15.2 Å². The van der Waals surface area contributed by atoms with E-state index in [0.29, 0.717) is 0 Å². The highest BCUT2D eigenvalue weighted by Gasteiger charge is 2.25. The van der Waals surface area contributed by atoms with E-state index in [9.17, 15) is 0 Å². The van der Waals surface area contributed by atoms with E-state index in [2.05, 4.69) is 28.7 Å². The molecule has 0 aliphatic heterocycles. The van der Waals surface area contributed by atoms with Gasteiger partial charge in [0.2, 0.25) is 0 Å². The van der Waals surface area contributed by atoms with Crippen LogP contribution in [0.25, 0.3) is 0 Å². The van der Waals surface area contributed by atoms with Crippen molar-refractivity contribution < 1.29 is 9.47 Å². The van der Waals surface area contributed by atoms with Crippen molar-refractivity contribution in [2.45, 2.75) is 31.8 Å². The highest BCUT2D eigenvalue weighted by molar-refractivity contribution is 7.07. The molecule has 2 unspecified atom stereocenters. The third-order valence-corrected chi connectivity index (χ3v) is 4.23. The zero-order chi connectivity index (χ0) is 14.8. The summed E-state index contributed by atoms with van der Waals surface area (Å²) in [6, 6.07) is 2.59. The molecule has 0 aliphatic carbocycles. The van der Waals surface area contributed by atoms with Crippen LogP contribution in [0.1, 0.15) is 31.4 Å². The van der Waals surface area contributed by atoms with Crippen molar-refractivity contribution in [3.05, 3.63) is 22.4 Å². The van der Waals surface area contributed by atoms with Crippen molar-refractivity contribution in [3.63, 3.8) is 0 Å². The van der Waals surface area contributed by atoms with Gasteiger partial charge in [-0.15, -0.1) is 0 Å². The van der Waals surface area contributed by atoms with Gasteiger partial charge in [-0.3, -0.25) is 4.90 Å². The molecule has 1 heterocycles. The van der Waals surface area contributed by atoms with Gasteiger partial charge in [0.05, 0.1) is 12.6 Å². The van der Waals surface area contributed by atoms with Crippen LogP contribution < -0.4 is 5.73 Å². The van der Waals surface area contributed by atoms with Gasteiger partial charge in [-0.2, -0.15) is 11.3 Å². The Balaban J connectivity index is 2.78. The molecule has 0 fully saturated rings. The smallest absolute Gasteiger partial charge is 0.0589 e. The third-order valence-electron chi connectivity index (χ3n) is 3.53. The summed E-state index contributed by atoms with van der Waals surface area (Å²) in [4.78, 5) is 2.43. The molecule has 0 aliphatic rings. The molecule has 0 aromatic carbocycles. The van der Waals surface area contributed by atoms with Crippen molar-refractivity contribution in [1.29, 1.82) is 0 Å². The summed E-state index contributed by atoms with van der Waals surface area (Å²) < 4.78 is 10.4. The largest absolute Gasteiger partial charge is 0.385 e. The topological polar surface area (TPSA) is 47.7 Å². The average Bonchev–Trinajstić information content (AvgIpc) is 2.98. The Bertz CT molecular complexity index is 333. The van der Waals surface area contributed by atoms with E-state index in [1.807, 2.05) is 0 Å². The van der Waals surface area contributed by atoms with E-state index in [-0.39, 0.29) is 12.1 Å². The van der Waals surface area contributed by atoms with Crippen LogP contribution in [0.5, 0.6) is 0 Å². The molecule has 0 spiro atoms. The predicted octanol–water partition coefficient (Wildman–Crippen LogP) is 2.51. The quantitative estimate of drug-likeness (QED) is 0.638. The maximum absolute atomic E-state index is 6.38. The number of nitrogens with two attached hydrogens (primary N) is 1. The first kappa shape index (κ1) is 17.6. The molecule has 20 heavy (non-hydrogen) atoms. The normalized spacial score (nSPS) is 14.7. The minimum absolute atomic E-state index is 0.143. The molecule has 2 atom stereocenters. The summed E-state index contributed by atoms with van der Waals surface area (Å²) in [6.07, 6.45) is 1.98. The molecule has 0 saturated heterocycles.